The van der Waals surface area contributed by atoms with Crippen LogP contribution in [0.4, 0.5) is 5.69 Å². The van der Waals surface area contributed by atoms with Gasteiger partial charge in [-0.05, 0) is 49.4 Å². The molecule has 4 heteroatoms. The van der Waals surface area contributed by atoms with Crippen molar-refractivity contribution in [3.63, 3.8) is 0 Å². The molecule has 4 nitrogen and oxygen atoms in total. The number of amides is 1. The number of nitrogens with zero attached hydrogens (tertiary/aromatic N) is 1. The molecule has 22 heavy (non-hydrogen) atoms. The van der Waals surface area contributed by atoms with E-state index >= 15 is 0 Å². The summed E-state index contributed by atoms with van der Waals surface area (Å²) in [6.45, 7) is 9.56. The summed E-state index contributed by atoms with van der Waals surface area (Å²) in [7, 11) is 2.05. The molecule has 2 N–H and O–H groups in total. The van der Waals surface area contributed by atoms with Crippen molar-refractivity contribution in [3.05, 3.63) is 29.8 Å². The summed E-state index contributed by atoms with van der Waals surface area (Å²) in [5, 5.41) is 12.4. The van der Waals surface area contributed by atoms with Gasteiger partial charge in [0.15, 0.2) is 0 Å². The van der Waals surface area contributed by atoms with Crippen molar-refractivity contribution in [2.45, 2.75) is 46.6 Å². The molecule has 1 amide bonds. The van der Waals surface area contributed by atoms with E-state index in [1.54, 1.807) is 6.92 Å². The third-order valence-electron chi connectivity index (χ3n) is 3.70. The molecule has 0 spiro atoms. The van der Waals surface area contributed by atoms with E-state index in [4.69, 9.17) is 0 Å². The Labute approximate surface area is 134 Å². The maximum Gasteiger partial charge on any atom is 0.251 e. The minimum Gasteiger partial charge on any atom is -0.393 e. The third-order valence-corrected chi connectivity index (χ3v) is 3.70. The van der Waals surface area contributed by atoms with Crippen molar-refractivity contribution in [2.24, 2.45) is 5.41 Å². The Morgan fingerprint density at radius 2 is 1.91 bits per heavy atom. The van der Waals surface area contributed by atoms with Gasteiger partial charge in [0.2, 0.25) is 0 Å². The molecule has 0 aliphatic heterocycles. The van der Waals surface area contributed by atoms with E-state index in [-0.39, 0.29) is 17.4 Å². The number of rotatable bonds is 8. The van der Waals surface area contributed by atoms with Gasteiger partial charge >= 0.3 is 0 Å². The highest BCUT2D eigenvalue weighted by Gasteiger charge is 2.21. The predicted molar refractivity (Wildman–Crippen MR) is 92.4 cm³/mol. The second-order valence-electron chi connectivity index (χ2n) is 6.87. The van der Waals surface area contributed by atoms with Crippen LogP contribution in [-0.2, 0) is 0 Å². The first-order valence-electron chi connectivity index (χ1n) is 8.02. The zero-order chi connectivity index (χ0) is 16.8. The molecular formula is C18H30N2O2. The van der Waals surface area contributed by atoms with E-state index in [1.165, 1.54) is 0 Å². The first-order chi connectivity index (χ1) is 10.2. The van der Waals surface area contributed by atoms with Crippen LogP contribution in [0.1, 0.15) is 50.9 Å². The zero-order valence-corrected chi connectivity index (χ0v) is 14.5. The second kappa shape index (κ2) is 8.18. The maximum absolute atomic E-state index is 12.2. The van der Waals surface area contributed by atoms with E-state index in [0.717, 1.165) is 18.7 Å². The molecule has 1 unspecified atom stereocenters. The van der Waals surface area contributed by atoms with Crippen LogP contribution in [0.3, 0.4) is 0 Å². The van der Waals surface area contributed by atoms with Crippen molar-refractivity contribution in [3.8, 4) is 0 Å². The largest absolute Gasteiger partial charge is 0.393 e. The smallest absolute Gasteiger partial charge is 0.251 e. The van der Waals surface area contributed by atoms with Crippen molar-refractivity contribution in [1.29, 1.82) is 0 Å². The summed E-state index contributed by atoms with van der Waals surface area (Å²) in [6.07, 6.45) is 1.39. The Kier molecular flexibility index (Phi) is 6.88. The standard InChI is InChI=1S/C18H30N2O2/c1-6-11-20(5)16-9-7-15(8-10-16)17(22)19-13-18(3,4)12-14(2)21/h7-10,14,21H,6,11-13H2,1-5H3,(H,19,22). The average molecular weight is 306 g/mol. The number of hydrogen-bond donors (Lipinski definition) is 2. The normalized spacial score (nSPS) is 12.8. The molecule has 0 radical (unpaired) electrons. The van der Waals surface area contributed by atoms with Gasteiger partial charge in [0, 0.05) is 31.4 Å². The van der Waals surface area contributed by atoms with Crippen LogP contribution in [0.5, 0.6) is 0 Å². The number of carbonyl (C=O) groups is 1. The Morgan fingerprint density at radius 3 is 2.41 bits per heavy atom. The molecule has 1 rings (SSSR count). The molecule has 0 saturated carbocycles. The Hall–Kier alpha value is -1.55. The molecular weight excluding hydrogens is 276 g/mol. The highest BCUT2D eigenvalue weighted by Crippen LogP contribution is 2.21. The molecule has 0 fully saturated rings. The van der Waals surface area contributed by atoms with Gasteiger partial charge in [0.1, 0.15) is 0 Å². The molecule has 0 aliphatic carbocycles. The monoisotopic (exact) mass is 306 g/mol. The van der Waals surface area contributed by atoms with Crippen molar-refractivity contribution < 1.29 is 9.90 Å². The number of aliphatic hydroxyl groups excluding tert-OH is 1. The molecule has 1 atom stereocenters. The van der Waals surface area contributed by atoms with Gasteiger partial charge in [-0.1, -0.05) is 20.8 Å². The number of aliphatic hydroxyl groups is 1. The Morgan fingerprint density at radius 1 is 1.32 bits per heavy atom. The van der Waals surface area contributed by atoms with Gasteiger partial charge < -0.3 is 15.3 Å². The zero-order valence-electron chi connectivity index (χ0n) is 14.5. The minimum absolute atomic E-state index is 0.0663. The summed E-state index contributed by atoms with van der Waals surface area (Å²) in [4.78, 5) is 14.4. The number of nitrogens with one attached hydrogen (secondary N) is 1. The first kappa shape index (κ1) is 18.5. The fraction of sp³-hybridized carbons (Fsp3) is 0.611. The summed E-state index contributed by atoms with van der Waals surface area (Å²) in [5.74, 6) is -0.0663. The van der Waals surface area contributed by atoms with E-state index in [0.29, 0.717) is 18.5 Å². The van der Waals surface area contributed by atoms with Crippen LogP contribution in [0, 0.1) is 5.41 Å². The van der Waals surface area contributed by atoms with Crippen LogP contribution in [0.15, 0.2) is 24.3 Å². The number of anilines is 1. The number of carbonyl (C=O) groups excluding carboxylic acids is 1. The molecule has 1 aromatic carbocycles. The van der Waals surface area contributed by atoms with Crippen LogP contribution < -0.4 is 10.2 Å². The third kappa shape index (κ3) is 6.06. The topological polar surface area (TPSA) is 52.6 Å². The lowest BCUT2D eigenvalue weighted by Gasteiger charge is -2.26. The quantitative estimate of drug-likeness (QED) is 0.776. The second-order valence-corrected chi connectivity index (χ2v) is 6.87. The van der Waals surface area contributed by atoms with Crippen molar-refractivity contribution in [2.75, 3.05) is 25.0 Å². The van der Waals surface area contributed by atoms with Gasteiger partial charge in [-0.25, -0.2) is 0 Å². The molecule has 0 bridgehead atoms. The summed E-state index contributed by atoms with van der Waals surface area (Å²) in [6, 6.07) is 7.67. The summed E-state index contributed by atoms with van der Waals surface area (Å²) < 4.78 is 0. The first-order valence-corrected chi connectivity index (χ1v) is 8.02. The molecule has 0 aromatic heterocycles. The molecule has 1 aromatic rings. The van der Waals surface area contributed by atoms with Crippen LogP contribution in [0.2, 0.25) is 0 Å². The fourth-order valence-corrected chi connectivity index (χ4v) is 2.63. The van der Waals surface area contributed by atoms with E-state index in [9.17, 15) is 9.90 Å². The lowest BCUT2D eigenvalue weighted by molar-refractivity contribution is 0.0902. The van der Waals surface area contributed by atoms with Gasteiger partial charge in [-0.3, -0.25) is 4.79 Å². The van der Waals surface area contributed by atoms with E-state index < -0.39 is 0 Å². The van der Waals surface area contributed by atoms with Crippen LogP contribution >= 0.6 is 0 Å². The Bertz CT molecular complexity index is 466. The lowest BCUT2D eigenvalue weighted by atomic mass is 9.87. The highest BCUT2D eigenvalue weighted by atomic mass is 16.3. The van der Waals surface area contributed by atoms with Crippen molar-refractivity contribution in [1.82, 2.24) is 5.32 Å². The molecule has 0 saturated heterocycles. The van der Waals surface area contributed by atoms with Gasteiger partial charge in [-0.15, -0.1) is 0 Å². The molecule has 124 valence electrons. The average Bonchev–Trinajstić information content (AvgIpc) is 2.44. The summed E-state index contributed by atoms with van der Waals surface area (Å²) in [5.41, 5.74) is 1.67. The fourth-order valence-electron chi connectivity index (χ4n) is 2.63. The van der Waals surface area contributed by atoms with Crippen LogP contribution in [-0.4, -0.2) is 37.3 Å². The van der Waals surface area contributed by atoms with E-state index in [2.05, 4.69) is 24.2 Å². The van der Waals surface area contributed by atoms with Gasteiger partial charge in [-0.2, -0.15) is 0 Å². The number of benzene rings is 1. The Balaban J connectivity index is 2.59. The minimum atomic E-state index is -0.361. The predicted octanol–water partition coefficient (Wildman–Crippen LogP) is 3.06. The van der Waals surface area contributed by atoms with Crippen LogP contribution in [0.25, 0.3) is 0 Å². The van der Waals surface area contributed by atoms with Gasteiger partial charge in [0.25, 0.3) is 5.91 Å². The molecule has 0 heterocycles. The van der Waals surface area contributed by atoms with Crippen molar-refractivity contribution >= 4 is 11.6 Å². The lowest BCUT2D eigenvalue weighted by Crippen LogP contribution is -2.35. The maximum atomic E-state index is 12.2. The van der Waals surface area contributed by atoms with Gasteiger partial charge in [0.05, 0.1) is 6.10 Å². The summed E-state index contributed by atoms with van der Waals surface area (Å²) >= 11 is 0. The van der Waals surface area contributed by atoms with E-state index in [1.807, 2.05) is 38.1 Å². The highest BCUT2D eigenvalue weighted by molar-refractivity contribution is 5.94. The molecule has 0 aliphatic rings. The SMILES string of the molecule is CCCN(C)c1ccc(C(=O)NCC(C)(C)CC(C)O)cc1. The number of hydrogen-bond acceptors (Lipinski definition) is 3.